The van der Waals surface area contributed by atoms with Gasteiger partial charge in [0.15, 0.2) is 0 Å². The first kappa shape index (κ1) is 18.0. The van der Waals surface area contributed by atoms with Crippen LogP contribution in [0.3, 0.4) is 0 Å². The van der Waals surface area contributed by atoms with Gasteiger partial charge in [0.2, 0.25) is 0 Å². The summed E-state index contributed by atoms with van der Waals surface area (Å²) in [5, 5.41) is 13.6. The average Bonchev–Trinajstić information content (AvgIpc) is 2.61. The van der Waals surface area contributed by atoms with E-state index < -0.39 is 4.92 Å². The minimum Gasteiger partial charge on any atom is -0.382 e. The number of nitro groups is 1. The average molecular weight is 336 g/mol. The van der Waals surface area contributed by atoms with Crippen LogP contribution in [0.1, 0.15) is 13.3 Å². The maximum Gasteiger partial charge on any atom is 0.317 e. The van der Waals surface area contributed by atoms with Crippen LogP contribution in [0, 0.1) is 10.1 Å². The Hall–Kier alpha value is -2.35. The highest BCUT2D eigenvalue weighted by Gasteiger charge is 2.21. The van der Waals surface area contributed by atoms with E-state index in [0.29, 0.717) is 45.9 Å². The Morgan fingerprint density at radius 2 is 1.92 bits per heavy atom. The van der Waals surface area contributed by atoms with Gasteiger partial charge in [-0.25, -0.2) is 4.79 Å². The van der Waals surface area contributed by atoms with Crippen molar-refractivity contribution < 1.29 is 14.5 Å². The highest BCUT2D eigenvalue weighted by molar-refractivity contribution is 5.74. The molecule has 1 saturated heterocycles. The summed E-state index contributed by atoms with van der Waals surface area (Å²) < 4.78 is 5.23. The number of anilines is 1. The van der Waals surface area contributed by atoms with Crippen molar-refractivity contribution in [1.82, 2.24) is 10.2 Å². The van der Waals surface area contributed by atoms with Crippen LogP contribution in [0.5, 0.6) is 0 Å². The molecular formula is C16H24N4O4. The summed E-state index contributed by atoms with van der Waals surface area (Å²) in [4.78, 5) is 26.3. The predicted octanol–water partition coefficient (Wildman–Crippen LogP) is 1.85. The first-order chi connectivity index (χ1) is 11.6. The minimum absolute atomic E-state index is 0.0464. The number of ether oxygens (including phenoxy) is 1. The zero-order chi connectivity index (χ0) is 17.4. The van der Waals surface area contributed by atoms with Gasteiger partial charge in [0.05, 0.1) is 4.92 Å². The van der Waals surface area contributed by atoms with Crippen molar-refractivity contribution in [3.05, 3.63) is 34.4 Å². The molecule has 8 nitrogen and oxygen atoms in total. The van der Waals surface area contributed by atoms with Crippen LogP contribution >= 0.6 is 0 Å². The van der Waals surface area contributed by atoms with E-state index in [1.807, 2.05) is 6.92 Å². The van der Waals surface area contributed by atoms with E-state index in [0.717, 1.165) is 12.1 Å². The topological polar surface area (TPSA) is 88.0 Å². The molecule has 0 atom stereocenters. The molecule has 0 saturated carbocycles. The number of nitro benzene ring substituents is 1. The van der Waals surface area contributed by atoms with Crippen LogP contribution in [-0.2, 0) is 4.74 Å². The molecule has 1 aliphatic rings. The standard InChI is InChI=1S/C16H24N4O4/c1-2-24-13-3-8-17-16(21)19-11-9-18(10-12-19)14-4-6-15(7-5-14)20(22)23/h4-7H,2-3,8-13H2,1H3,(H,17,21). The number of carbonyl (C=O) groups excluding carboxylic acids is 1. The van der Waals surface area contributed by atoms with E-state index >= 15 is 0 Å². The van der Waals surface area contributed by atoms with Crippen LogP contribution in [0.15, 0.2) is 24.3 Å². The molecule has 132 valence electrons. The molecular weight excluding hydrogens is 312 g/mol. The second-order valence-electron chi connectivity index (χ2n) is 5.53. The van der Waals surface area contributed by atoms with Gasteiger partial charge in [-0.3, -0.25) is 10.1 Å². The van der Waals surface area contributed by atoms with E-state index in [-0.39, 0.29) is 11.7 Å². The molecule has 0 radical (unpaired) electrons. The van der Waals surface area contributed by atoms with E-state index in [2.05, 4.69) is 10.2 Å². The number of carbonyl (C=O) groups is 1. The third kappa shape index (κ3) is 5.09. The number of rotatable bonds is 7. The Bertz CT molecular complexity index is 542. The summed E-state index contributed by atoms with van der Waals surface area (Å²) in [6, 6.07) is 6.47. The van der Waals surface area contributed by atoms with Crippen LogP contribution in [0.4, 0.5) is 16.2 Å². The molecule has 2 amide bonds. The molecule has 1 N–H and O–H groups in total. The Morgan fingerprint density at radius 3 is 2.50 bits per heavy atom. The fourth-order valence-electron chi connectivity index (χ4n) is 2.58. The van der Waals surface area contributed by atoms with E-state index in [1.54, 1.807) is 17.0 Å². The highest BCUT2D eigenvalue weighted by atomic mass is 16.6. The van der Waals surface area contributed by atoms with Crippen molar-refractivity contribution >= 4 is 17.4 Å². The molecule has 0 unspecified atom stereocenters. The Morgan fingerprint density at radius 1 is 1.25 bits per heavy atom. The maximum absolute atomic E-state index is 12.1. The smallest absolute Gasteiger partial charge is 0.317 e. The normalized spacial score (nSPS) is 14.5. The van der Waals surface area contributed by atoms with Gasteiger partial charge in [-0.2, -0.15) is 0 Å². The largest absolute Gasteiger partial charge is 0.382 e. The molecule has 0 aromatic heterocycles. The van der Waals surface area contributed by atoms with Crippen LogP contribution in [-0.4, -0.2) is 61.8 Å². The summed E-state index contributed by atoms with van der Waals surface area (Å²) in [7, 11) is 0. The SMILES string of the molecule is CCOCCCNC(=O)N1CCN(c2ccc([N+](=O)[O-])cc2)CC1. The van der Waals surface area contributed by atoms with Crippen molar-refractivity contribution in [2.75, 3.05) is 50.8 Å². The van der Waals surface area contributed by atoms with Gasteiger partial charge in [-0.15, -0.1) is 0 Å². The predicted molar refractivity (Wildman–Crippen MR) is 91.4 cm³/mol. The molecule has 0 aliphatic carbocycles. The number of nitrogens with zero attached hydrogens (tertiary/aromatic N) is 3. The van der Waals surface area contributed by atoms with E-state index in [9.17, 15) is 14.9 Å². The number of amides is 2. The number of hydrogen-bond donors (Lipinski definition) is 1. The lowest BCUT2D eigenvalue weighted by Gasteiger charge is -2.36. The first-order valence-electron chi connectivity index (χ1n) is 8.21. The molecule has 0 bridgehead atoms. The number of piperazine rings is 1. The number of non-ortho nitro benzene ring substituents is 1. The monoisotopic (exact) mass is 336 g/mol. The fraction of sp³-hybridized carbons (Fsp3) is 0.562. The summed E-state index contributed by atoms with van der Waals surface area (Å²) >= 11 is 0. The zero-order valence-electron chi connectivity index (χ0n) is 13.9. The quantitative estimate of drug-likeness (QED) is 0.466. The number of hydrogen-bond acceptors (Lipinski definition) is 5. The third-order valence-electron chi connectivity index (χ3n) is 3.94. The lowest BCUT2D eigenvalue weighted by molar-refractivity contribution is -0.384. The van der Waals surface area contributed by atoms with Crippen molar-refractivity contribution in [2.24, 2.45) is 0 Å². The number of benzene rings is 1. The summed E-state index contributed by atoms with van der Waals surface area (Å²) in [5.41, 5.74) is 1.03. The summed E-state index contributed by atoms with van der Waals surface area (Å²) in [6.45, 7) is 6.60. The van der Waals surface area contributed by atoms with Gasteiger partial charge in [0, 0.05) is 63.8 Å². The molecule has 2 rings (SSSR count). The Balaban J connectivity index is 1.74. The molecule has 1 aromatic carbocycles. The van der Waals surface area contributed by atoms with Crippen LogP contribution in [0.2, 0.25) is 0 Å². The minimum atomic E-state index is -0.405. The van der Waals surface area contributed by atoms with Crippen molar-refractivity contribution in [3.8, 4) is 0 Å². The van der Waals surface area contributed by atoms with Crippen LogP contribution in [0.25, 0.3) is 0 Å². The number of nitrogens with one attached hydrogen (secondary N) is 1. The molecule has 1 aromatic rings. The van der Waals surface area contributed by atoms with Gasteiger partial charge < -0.3 is 19.9 Å². The maximum atomic E-state index is 12.1. The lowest BCUT2D eigenvalue weighted by Crippen LogP contribution is -2.52. The summed E-state index contributed by atoms with van der Waals surface area (Å²) in [6.07, 6.45) is 0.808. The first-order valence-corrected chi connectivity index (χ1v) is 8.21. The van der Waals surface area contributed by atoms with E-state index in [4.69, 9.17) is 4.74 Å². The van der Waals surface area contributed by atoms with E-state index in [1.165, 1.54) is 12.1 Å². The van der Waals surface area contributed by atoms with Crippen molar-refractivity contribution in [3.63, 3.8) is 0 Å². The zero-order valence-corrected chi connectivity index (χ0v) is 13.9. The molecule has 24 heavy (non-hydrogen) atoms. The fourth-order valence-corrected chi connectivity index (χ4v) is 2.58. The molecule has 1 heterocycles. The molecule has 8 heteroatoms. The lowest BCUT2D eigenvalue weighted by atomic mass is 10.2. The van der Waals surface area contributed by atoms with Crippen molar-refractivity contribution in [2.45, 2.75) is 13.3 Å². The van der Waals surface area contributed by atoms with Gasteiger partial charge in [-0.05, 0) is 25.5 Å². The molecule has 1 aliphatic heterocycles. The van der Waals surface area contributed by atoms with Gasteiger partial charge in [-0.1, -0.05) is 0 Å². The Labute approximate surface area is 141 Å². The Kier molecular flexibility index (Phi) is 6.80. The van der Waals surface area contributed by atoms with Gasteiger partial charge >= 0.3 is 6.03 Å². The molecule has 0 spiro atoms. The second kappa shape index (κ2) is 9.07. The van der Waals surface area contributed by atoms with Gasteiger partial charge in [0.1, 0.15) is 0 Å². The highest BCUT2D eigenvalue weighted by Crippen LogP contribution is 2.20. The molecule has 1 fully saturated rings. The van der Waals surface area contributed by atoms with Crippen LogP contribution < -0.4 is 10.2 Å². The van der Waals surface area contributed by atoms with Gasteiger partial charge in [0.25, 0.3) is 5.69 Å². The van der Waals surface area contributed by atoms with Crippen molar-refractivity contribution in [1.29, 1.82) is 0 Å². The third-order valence-corrected chi connectivity index (χ3v) is 3.94. The second-order valence-corrected chi connectivity index (χ2v) is 5.53. The number of urea groups is 1. The summed E-state index contributed by atoms with van der Waals surface area (Å²) in [5.74, 6) is 0.